The highest BCUT2D eigenvalue weighted by Gasteiger charge is 2.46. The van der Waals surface area contributed by atoms with Crippen molar-refractivity contribution < 1.29 is 24.2 Å². The van der Waals surface area contributed by atoms with Crippen LogP contribution in [0.3, 0.4) is 0 Å². The summed E-state index contributed by atoms with van der Waals surface area (Å²) in [5, 5.41) is 11.3. The number of aryl methyl sites for hydroxylation is 2. The molecule has 3 rings (SSSR count). The Kier molecular flexibility index (Phi) is 7.04. The van der Waals surface area contributed by atoms with E-state index in [2.05, 4.69) is 13.8 Å². The van der Waals surface area contributed by atoms with Crippen LogP contribution < -0.4 is 4.74 Å². The van der Waals surface area contributed by atoms with Gasteiger partial charge in [0.15, 0.2) is 0 Å². The molecule has 1 fully saturated rings. The zero-order valence-electron chi connectivity index (χ0n) is 19.6. The van der Waals surface area contributed by atoms with E-state index in [-0.39, 0.29) is 24.5 Å². The molecule has 0 saturated carbocycles. The zero-order valence-corrected chi connectivity index (χ0v) is 19.6. The zero-order chi connectivity index (χ0) is 23.6. The van der Waals surface area contributed by atoms with Gasteiger partial charge in [0.05, 0.1) is 25.3 Å². The largest absolute Gasteiger partial charge is 0.507 e. The van der Waals surface area contributed by atoms with Crippen LogP contribution in [0.2, 0.25) is 0 Å². The number of benzene rings is 2. The average molecular weight is 438 g/mol. The summed E-state index contributed by atoms with van der Waals surface area (Å²) in [6.45, 7) is 8.45. The van der Waals surface area contributed by atoms with Crippen LogP contribution in [0, 0.1) is 13.8 Å². The van der Waals surface area contributed by atoms with Gasteiger partial charge in [-0.2, -0.15) is 0 Å². The minimum absolute atomic E-state index is 0.0936. The predicted molar refractivity (Wildman–Crippen MR) is 124 cm³/mol. The number of likely N-dealkylation sites (tertiary alicyclic amines) is 1. The molecule has 32 heavy (non-hydrogen) atoms. The monoisotopic (exact) mass is 437 g/mol. The van der Waals surface area contributed by atoms with Crippen molar-refractivity contribution in [1.82, 2.24) is 4.90 Å². The SMILES string of the molecule is COCCN1C(=O)C(=O)/C(=C(/O)c2cc(C)c(OC)cc2C)C1c1ccc(C(C)C)cc1. The molecular weight excluding hydrogens is 406 g/mol. The van der Waals surface area contributed by atoms with Gasteiger partial charge >= 0.3 is 0 Å². The van der Waals surface area contributed by atoms with Crippen LogP contribution in [0.25, 0.3) is 5.76 Å². The van der Waals surface area contributed by atoms with Crippen LogP contribution in [-0.4, -0.2) is 49.1 Å². The molecule has 1 aliphatic rings. The first-order valence-electron chi connectivity index (χ1n) is 10.7. The van der Waals surface area contributed by atoms with Crippen LogP contribution in [0.15, 0.2) is 42.0 Å². The molecule has 2 aromatic carbocycles. The summed E-state index contributed by atoms with van der Waals surface area (Å²) < 4.78 is 10.5. The number of ketones is 1. The molecule has 1 atom stereocenters. The fourth-order valence-electron chi connectivity index (χ4n) is 4.12. The van der Waals surface area contributed by atoms with Crippen LogP contribution in [0.1, 0.15) is 53.6 Å². The second kappa shape index (κ2) is 9.57. The lowest BCUT2D eigenvalue weighted by atomic mass is 9.92. The second-order valence-corrected chi connectivity index (χ2v) is 8.44. The Labute approximate surface area is 189 Å². The number of methoxy groups -OCH3 is 2. The van der Waals surface area contributed by atoms with Crippen LogP contribution in [-0.2, 0) is 14.3 Å². The number of amides is 1. The lowest BCUT2D eigenvalue weighted by molar-refractivity contribution is -0.140. The molecule has 0 bridgehead atoms. The number of hydrogen-bond acceptors (Lipinski definition) is 5. The van der Waals surface area contributed by atoms with E-state index < -0.39 is 17.7 Å². The normalized spacial score (nSPS) is 18.0. The van der Waals surface area contributed by atoms with Crippen molar-refractivity contribution in [3.63, 3.8) is 0 Å². The number of carbonyl (C=O) groups is 2. The molecular formula is C26H31NO5. The van der Waals surface area contributed by atoms with Gasteiger partial charge in [-0.1, -0.05) is 38.1 Å². The summed E-state index contributed by atoms with van der Waals surface area (Å²) in [6.07, 6.45) is 0. The Morgan fingerprint density at radius 3 is 2.28 bits per heavy atom. The molecule has 0 aromatic heterocycles. The van der Waals surface area contributed by atoms with Gasteiger partial charge in [-0.25, -0.2) is 0 Å². The van der Waals surface area contributed by atoms with Gasteiger partial charge in [0.2, 0.25) is 0 Å². The van der Waals surface area contributed by atoms with E-state index in [0.29, 0.717) is 17.2 Å². The average Bonchev–Trinajstić information content (AvgIpc) is 3.03. The molecule has 1 N–H and O–H groups in total. The van der Waals surface area contributed by atoms with E-state index in [9.17, 15) is 14.7 Å². The van der Waals surface area contributed by atoms with Crippen LogP contribution in [0.4, 0.5) is 0 Å². The Morgan fingerprint density at radius 1 is 1.06 bits per heavy atom. The van der Waals surface area contributed by atoms with Gasteiger partial charge in [0.25, 0.3) is 11.7 Å². The van der Waals surface area contributed by atoms with Crippen molar-refractivity contribution in [2.45, 2.75) is 39.7 Å². The number of hydrogen-bond donors (Lipinski definition) is 1. The maximum absolute atomic E-state index is 13.1. The number of rotatable bonds is 7. The highest BCUT2D eigenvalue weighted by atomic mass is 16.5. The quantitative estimate of drug-likeness (QED) is 0.392. The number of nitrogens with zero attached hydrogens (tertiary/aromatic N) is 1. The first-order chi connectivity index (χ1) is 15.2. The molecule has 1 amide bonds. The second-order valence-electron chi connectivity index (χ2n) is 8.44. The predicted octanol–water partition coefficient (Wildman–Crippen LogP) is 4.50. The fourth-order valence-corrected chi connectivity index (χ4v) is 4.12. The van der Waals surface area contributed by atoms with Crippen molar-refractivity contribution in [1.29, 1.82) is 0 Å². The summed E-state index contributed by atoms with van der Waals surface area (Å²) in [5.41, 5.74) is 4.11. The number of Topliss-reactive ketones (excluding diaryl/α,β-unsaturated/α-hetero) is 1. The van der Waals surface area contributed by atoms with Gasteiger partial charge in [0, 0.05) is 19.2 Å². The van der Waals surface area contributed by atoms with E-state index in [1.165, 1.54) is 4.90 Å². The summed E-state index contributed by atoms with van der Waals surface area (Å²) in [4.78, 5) is 27.5. The highest BCUT2D eigenvalue weighted by Crippen LogP contribution is 2.40. The molecule has 1 unspecified atom stereocenters. The molecule has 0 aliphatic carbocycles. The number of ether oxygens (including phenoxy) is 2. The van der Waals surface area contributed by atoms with E-state index >= 15 is 0 Å². The Morgan fingerprint density at radius 2 is 1.72 bits per heavy atom. The Hall–Kier alpha value is -3.12. The first kappa shape index (κ1) is 23.5. The number of aliphatic hydroxyl groups is 1. The van der Waals surface area contributed by atoms with Crippen LogP contribution >= 0.6 is 0 Å². The minimum atomic E-state index is -0.690. The lowest BCUT2D eigenvalue weighted by Crippen LogP contribution is -2.32. The van der Waals surface area contributed by atoms with Crippen molar-refractivity contribution in [3.8, 4) is 5.75 Å². The van der Waals surface area contributed by atoms with E-state index in [0.717, 1.165) is 22.3 Å². The molecule has 0 radical (unpaired) electrons. The maximum Gasteiger partial charge on any atom is 0.295 e. The van der Waals surface area contributed by atoms with E-state index in [4.69, 9.17) is 9.47 Å². The van der Waals surface area contributed by atoms with Gasteiger partial charge in [0.1, 0.15) is 11.5 Å². The molecule has 170 valence electrons. The lowest BCUT2D eigenvalue weighted by Gasteiger charge is -2.25. The standard InChI is InChI=1S/C26H31NO5/c1-15(2)18-7-9-19(10-8-18)23-22(25(29)26(30)27(23)11-12-31-5)24(28)20-13-17(4)21(32-6)14-16(20)3/h7-10,13-15,23,28H,11-12H2,1-6H3/b24-22+. The summed E-state index contributed by atoms with van der Waals surface area (Å²) in [7, 11) is 3.13. The van der Waals surface area contributed by atoms with Crippen molar-refractivity contribution in [2.75, 3.05) is 27.4 Å². The third-order valence-electron chi connectivity index (χ3n) is 5.99. The topological polar surface area (TPSA) is 76.1 Å². The summed E-state index contributed by atoms with van der Waals surface area (Å²) in [5.74, 6) is -0.451. The summed E-state index contributed by atoms with van der Waals surface area (Å²) >= 11 is 0. The number of aliphatic hydroxyl groups excluding tert-OH is 1. The molecule has 2 aromatic rings. The van der Waals surface area contributed by atoms with Crippen molar-refractivity contribution in [3.05, 3.63) is 69.8 Å². The first-order valence-corrected chi connectivity index (χ1v) is 10.7. The smallest absolute Gasteiger partial charge is 0.295 e. The molecule has 1 saturated heterocycles. The third-order valence-corrected chi connectivity index (χ3v) is 5.99. The molecule has 6 nitrogen and oxygen atoms in total. The maximum atomic E-state index is 13.1. The van der Waals surface area contributed by atoms with E-state index in [1.54, 1.807) is 20.3 Å². The Bertz CT molecular complexity index is 1050. The fraction of sp³-hybridized carbons (Fsp3) is 0.385. The Balaban J connectivity index is 2.19. The highest BCUT2D eigenvalue weighted by molar-refractivity contribution is 6.46. The minimum Gasteiger partial charge on any atom is -0.507 e. The van der Waals surface area contributed by atoms with Crippen molar-refractivity contribution in [2.24, 2.45) is 0 Å². The van der Waals surface area contributed by atoms with Crippen LogP contribution in [0.5, 0.6) is 5.75 Å². The van der Waals surface area contributed by atoms with E-state index in [1.807, 2.05) is 44.2 Å². The van der Waals surface area contributed by atoms with Crippen molar-refractivity contribution >= 4 is 17.4 Å². The van der Waals surface area contributed by atoms with Gasteiger partial charge in [-0.05, 0) is 54.2 Å². The molecule has 0 spiro atoms. The molecule has 6 heteroatoms. The van der Waals surface area contributed by atoms with Gasteiger partial charge in [-0.3, -0.25) is 9.59 Å². The molecule has 1 aliphatic heterocycles. The summed E-state index contributed by atoms with van der Waals surface area (Å²) in [6, 6.07) is 10.8. The third kappa shape index (κ3) is 4.28. The van der Waals surface area contributed by atoms with Gasteiger partial charge < -0.3 is 19.5 Å². The molecule has 1 heterocycles. The number of carbonyl (C=O) groups excluding carboxylic acids is 2. The van der Waals surface area contributed by atoms with Gasteiger partial charge in [-0.15, -0.1) is 0 Å².